The first-order valence-corrected chi connectivity index (χ1v) is 7.10. The second kappa shape index (κ2) is 5.35. The maximum atomic E-state index is 10.4. The van der Waals surface area contributed by atoms with Crippen LogP contribution in [0.2, 0.25) is 0 Å². The number of hydrogen-bond acceptors (Lipinski definition) is 4. The van der Waals surface area contributed by atoms with Crippen LogP contribution in [0.15, 0.2) is 24.3 Å². The number of benzene rings is 1. The molecule has 0 amide bonds. The van der Waals surface area contributed by atoms with E-state index < -0.39 is 5.60 Å². The number of nitrogens with one attached hydrogen (secondary N) is 1. The Morgan fingerprint density at radius 1 is 1.35 bits per heavy atom. The monoisotopic (exact) mass is 278 g/mol. The number of likely N-dealkylation sites (N-methyl/N-ethyl adjacent to an activating group) is 1. The van der Waals surface area contributed by atoms with Crippen molar-refractivity contribution in [1.29, 1.82) is 0 Å². The Morgan fingerprint density at radius 2 is 2.00 bits per heavy atom. The molecule has 0 aliphatic carbocycles. The minimum Gasteiger partial charge on any atom is -0.486 e. The SMILES string of the molecule is CN(C)CC(C)(O)CNC1c2ccccc2OC1(C)C. The predicted molar refractivity (Wildman–Crippen MR) is 81.1 cm³/mol. The van der Waals surface area contributed by atoms with Gasteiger partial charge in [0, 0.05) is 18.7 Å². The van der Waals surface area contributed by atoms with Gasteiger partial charge in [0.25, 0.3) is 0 Å². The van der Waals surface area contributed by atoms with E-state index in [-0.39, 0.29) is 11.6 Å². The van der Waals surface area contributed by atoms with Crippen LogP contribution in [0.3, 0.4) is 0 Å². The number of fused-ring (bicyclic) bond motifs is 1. The molecule has 0 radical (unpaired) electrons. The fraction of sp³-hybridized carbons (Fsp3) is 0.625. The molecular weight excluding hydrogens is 252 g/mol. The van der Waals surface area contributed by atoms with E-state index in [9.17, 15) is 5.11 Å². The van der Waals surface area contributed by atoms with Gasteiger partial charge in [0.05, 0.1) is 11.6 Å². The Kier molecular flexibility index (Phi) is 4.09. The van der Waals surface area contributed by atoms with Gasteiger partial charge in [0.15, 0.2) is 0 Å². The molecule has 0 fully saturated rings. The van der Waals surface area contributed by atoms with Crippen LogP contribution in [0.5, 0.6) is 5.75 Å². The summed E-state index contributed by atoms with van der Waals surface area (Å²) in [5.41, 5.74) is 0.0905. The van der Waals surface area contributed by atoms with Crippen molar-refractivity contribution in [3.63, 3.8) is 0 Å². The molecular formula is C16H26N2O2. The number of para-hydroxylation sites is 1. The van der Waals surface area contributed by atoms with E-state index in [2.05, 4.69) is 25.2 Å². The maximum Gasteiger partial charge on any atom is 0.125 e. The van der Waals surface area contributed by atoms with Crippen molar-refractivity contribution in [3.8, 4) is 5.75 Å². The highest BCUT2D eigenvalue weighted by atomic mass is 16.5. The highest BCUT2D eigenvalue weighted by Crippen LogP contribution is 2.42. The molecule has 1 aromatic carbocycles. The number of nitrogens with zero attached hydrogens (tertiary/aromatic N) is 1. The smallest absolute Gasteiger partial charge is 0.125 e. The summed E-state index contributed by atoms with van der Waals surface area (Å²) in [6.45, 7) is 7.15. The van der Waals surface area contributed by atoms with Gasteiger partial charge in [-0.15, -0.1) is 0 Å². The van der Waals surface area contributed by atoms with Gasteiger partial charge in [0.1, 0.15) is 11.4 Å². The van der Waals surface area contributed by atoms with Gasteiger partial charge in [-0.05, 0) is 40.9 Å². The zero-order valence-electron chi connectivity index (χ0n) is 13.1. The van der Waals surface area contributed by atoms with Crippen LogP contribution < -0.4 is 10.1 Å². The third-order valence-corrected chi connectivity index (χ3v) is 3.64. The highest BCUT2D eigenvalue weighted by Gasteiger charge is 2.41. The van der Waals surface area contributed by atoms with Gasteiger partial charge in [-0.25, -0.2) is 0 Å². The van der Waals surface area contributed by atoms with Crippen LogP contribution in [0, 0.1) is 0 Å². The topological polar surface area (TPSA) is 44.7 Å². The van der Waals surface area contributed by atoms with Crippen LogP contribution in [0.1, 0.15) is 32.4 Å². The average molecular weight is 278 g/mol. The molecule has 1 aliphatic heterocycles. The molecule has 1 aromatic rings. The lowest BCUT2D eigenvalue weighted by Crippen LogP contribution is -2.49. The summed E-state index contributed by atoms with van der Waals surface area (Å²) in [6.07, 6.45) is 0. The molecule has 20 heavy (non-hydrogen) atoms. The van der Waals surface area contributed by atoms with E-state index in [1.807, 2.05) is 44.1 Å². The second-order valence-electron chi connectivity index (χ2n) is 6.79. The van der Waals surface area contributed by atoms with Crippen LogP contribution in [0.4, 0.5) is 0 Å². The molecule has 1 heterocycles. The van der Waals surface area contributed by atoms with Crippen LogP contribution in [0.25, 0.3) is 0 Å². The summed E-state index contributed by atoms with van der Waals surface area (Å²) >= 11 is 0. The maximum absolute atomic E-state index is 10.4. The molecule has 0 aromatic heterocycles. The van der Waals surface area contributed by atoms with E-state index in [1.54, 1.807) is 0 Å². The van der Waals surface area contributed by atoms with E-state index in [0.29, 0.717) is 13.1 Å². The lowest BCUT2D eigenvalue weighted by molar-refractivity contribution is 0.0210. The minimum atomic E-state index is -0.767. The lowest BCUT2D eigenvalue weighted by atomic mass is 9.93. The molecule has 0 spiro atoms. The molecule has 0 saturated carbocycles. The molecule has 0 bridgehead atoms. The molecule has 2 N–H and O–H groups in total. The Bertz CT molecular complexity index is 469. The summed E-state index contributed by atoms with van der Waals surface area (Å²) < 4.78 is 6.00. The molecule has 112 valence electrons. The predicted octanol–water partition coefficient (Wildman–Crippen LogP) is 1.80. The number of aliphatic hydroxyl groups is 1. The van der Waals surface area contributed by atoms with Crippen molar-refractivity contribution in [1.82, 2.24) is 10.2 Å². The highest BCUT2D eigenvalue weighted by molar-refractivity contribution is 5.42. The van der Waals surface area contributed by atoms with Crippen molar-refractivity contribution >= 4 is 0 Å². The van der Waals surface area contributed by atoms with Gasteiger partial charge in [-0.1, -0.05) is 18.2 Å². The summed E-state index contributed by atoms with van der Waals surface area (Å²) in [7, 11) is 3.93. The van der Waals surface area contributed by atoms with Crippen molar-refractivity contribution in [2.24, 2.45) is 0 Å². The van der Waals surface area contributed by atoms with Gasteiger partial charge in [0.2, 0.25) is 0 Å². The third kappa shape index (κ3) is 3.32. The van der Waals surface area contributed by atoms with Crippen molar-refractivity contribution in [2.45, 2.75) is 38.0 Å². The molecule has 4 nitrogen and oxygen atoms in total. The number of hydrogen-bond donors (Lipinski definition) is 2. The van der Waals surface area contributed by atoms with Crippen molar-refractivity contribution in [2.75, 3.05) is 27.2 Å². The molecule has 2 unspecified atom stereocenters. The van der Waals surface area contributed by atoms with E-state index in [0.717, 1.165) is 11.3 Å². The lowest BCUT2D eigenvalue weighted by Gasteiger charge is -2.32. The van der Waals surface area contributed by atoms with Gasteiger partial charge in [-0.3, -0.25) is 0 Å². The van der Waals surface area contributed by atoms with Gasteiger partial charge < -0.3 is 20.1 Å². The fourth-order valence-electron chi connectivity index (χ4n) is 2.94. The summed E-state index contributed by atoms with van der Waals surface area (Å²) in [5.74, 6) is 0.933. The van der Waals surface area contributed by atoms with Crippen LogP contribution in [-0.4, -0.2) is 48.4 Å². The quantitative estimate of drug-likeness (QED) is 0.862. The Balaban J connectivity index is 2.09. The summed E-state index contributed by atoms with van der Waals surface area (Å²) in [6, 6.07) is 8.18. The Morgan fingerprint density at radius 3 is 2.65 bits per heavy atom. The zero-order chi connectivity index (χ0) is 15.0. The zero-order valence-corrected chi connectivity index (χ0v) is 13.1. The first-order chi connectivity index (χ1) is 9.21. The third-order valence-electron chi connectivity index (χ3n) is 3.64. The first kappa shape index (κ1) is 15.3. The number of rotatable bonds is 5. The average Bonchev–Trinajstić information content (AvgIpc) is 2.54. The molecule has 2 atom stereocenters. The van der Waals surface area contributed by atoms with Gasteiger partial charge in [-0.2, -0.15) is 0 Å². The Hall–Kier alpha value is -1.10. The molecule has 0 saturated heterocycles. The van der Waals surface area contributed by atoms with E-state index in [4.69, 9.17) is 4.74 Å². The van der Waals surface area contributed by atoms with E-state index >= 15 is 0 Å². The molecule has 4 heteroatoms. The normalized spacial score (nSPS) is 23.2. The van der Waals surface area contributed by atoms with Crippen molar-refractivity contribution < 1.29 is 9.84 Å². The largest absolute Gasteiger partial charge is 0.486 e. The van der Waals surface area contributed by atoms with Gasteiger partial charge >= 0.3 is 0 Å². The van der Waals surface area contributed by atoms with E-state index in [1.165, 1.54) is 0 Å². The first-order valence-electron chi connectivity index (χ1n) is 7.10. The minimum absolute atomic E-state index is 0.0901. The summed E-state index contributed by atoms with van der Waals surface area (Å²) in [5, 5.41) is 13.9. The fourth-order valence-corrected chi connectivity index (χ4v) is 2.94. The van der Waals surface area contributed by atoms with Crippen molar-refractivity contribution in [3.05, 3.63) is 29.8 Å². The number of ether oxygens (including phenoxy) is 1. The van der Waals surface area contributed by atoms with Crippen LogP contribution in [-0.2, 0) is 0 Å². The summed E-state index contributed by atoms with van der Waals surface area (Å²) in [4.78, 5) is 1.99. The standard InChI is InChI=1S/C16H26N2O2/c1-15(2)14(12-8-6-7-9-13(12)20-15)17-10-16(3,19)11-18(4)5/h6-9,14,17,19H,10-11H2,1-5H3. The molecule has 2 rings (SSSR count). The van der Waals surface area contributed by atoms with Crippen LogP contribution >= 0.6 is 0 Å². The molecule has 1 aliphatic rings. The Labute approximate surface area is 121 Å². The second-order valence-corrected chi connectivity index (χ2v) is 6.79.